The molecule has 0 aliphatic rings. The van der Waals surface area contributed by atoms with Crippen molar-refractivity contribution in [3.05, 3.63) is 28.7 Å². The lowest BCUT2D eigenvalue weighted by Gasteiger charge is -2.08. The van der Waals surface area contributed by atoms with E-state index in [1.807, 2.05) is 6.92 Å². The lowest BCUT2D eigenvalue weighted by Crippen LogP contribution is -2.20. The number of unbranched alkanes of at least 4 members (excludes halogenated alkanes) is 1. The maximum absolute atomic E-state index is 11.7. The average Bonchev–Trinajstić information content (AvgIpc) is 2.39. The second-order valence-corrected chi connectivity index (χ2v) is 4.60. The van der Waals surface area contributed by atoms with Crippen molar-refractivity contribution in [3.63, 3.8) is 0 Å². The Hall–Kier alpha value is -2.11. The number of aliphatic carboxylic acids is 1. The van der Waals surface area contributed by atoms with E-state index < -0.39 is 5.97 Å². The average molecular weight is 280 g/mol. The fourth-order valence-corrected chi connectivity index (χ4v) is 1.81. The maximum atomic E-state index is 11.7. The molecule has 0 saturated heterocycles. The summed E-state index contributed by atoms with van der Waals surface area (Å²) < 4.78 is 1.56. The number of hydrogen-bond acceptors (Lipinski definition) is 3. The number of aromatic nitrogens is 1. The van der Waals surface area contributed by atoms with Crippen molar-refractivity contribution in [2.45, 2.75) is 45.6 Å². The van der Waals surface area contributed by atoms with E-state index in [4.69, 9.17) is 5.11 Å². The van der Waals surface area contributed by atoms with Gasteiger partial charge in [-0.05, 0) is 25.3 Å². The number of rotatable bonds is 8. The van der Waals surface area contributed by atoms with E-state index in [1.54, 1.807) is 16.8 Å². The Bertz CT molecular complexity index is 522. The molecule has 0 saturated carbocycles. The first kappa shape index (κ1) is 15.9. The van der Waals surface area contributed by atoms with E-state index in [0.717, 1.165) is 6.42 Å². The number of amides is 1. The standard InChI is InChI=1S/C14H20N2O4/c1-2-9-16-10-11(7-8-13(16)18)15-12(17)5-3-4-6-14(19)20/h7-8,10H,2-6,9H2,1H3,(H,15,17)(H,19,20). The van der Waals surface area contributed by atoms with E-state index in [-0.39, 0.29) is 24.3 Å². The third-order valence-corrected chi connectivity index (χ3v) is 2.78. The van der Waals surface area contributed by atoms with Crippen LogP contribution in [0.3, 0.4) is 0 Å². The Morgan fingerprint density at radius 3 is 2.60 bits per heavy atom. The first-order valence-electron chi connectivity index (χ1n) is 6.75. The van der Waals surface area contributed by atoms with Crippen LogP contribution in [-0.2, 0) is 16.1 Å². The van der Waals surface area contributed by atoms with Crippen molar-refractivity contribution < 1.29 is 14.7 Å². The summed E-state index contributed by atoms with van der Waals surface area (Å²) in [6.07, 6.45) is 3.84. The molecule has 0 unspecified atom stereocenters. The number of nitrogens with one attached hydrogen (secondary N) is 1. The molecule has 0 radical (unpaired) electrons. The zero-order valence-corrected chi connectivity index (χ0v) is 11.6. The molecule has 1 heterocycles. The second-order valence-electron chi connectivity index (χ2n) is 4.60. The van der Waals surface area contributed by atoms with E-state index in [1.165, 1.54) is 6.07 Å². The van der Waals surface area contributed by atoms with Crippen molar-refractivity contribution >= 4 is 17.6 Å². The minimum Gasteiger partial charge on any atom is -0.481 e. The van der Waals surface area contributed by atoms with Gasteiger partial charge in [-0.2, -0.15) is 0 Å². The van der Waals surface area contributed by atoms with Crippen LogP contribution in [0.5, 0.6) is 0 Å². The van der Waals surface area contributed by atoms with E-state index >= 15 is 0 Å². The van der Waals surface area contributed by atoms with Crippen molar-refractivity contribution in [1.82, 2.24) is 4.57 Å². The fourth-order valence-electron chi connectivity index (χ4n) is 1.81. The highest BCUT2D eigenvalue weighted by Gasteiger charge is 2.05. The molecule has 0 aliphatic carbocycles. The Kier molecular flexibility index (Phi) is 6.49. The SMILES string of the molecule is CCCn1cc(NC(=O)CCCCC(=O)O)ccc1=O. The van der Waals surface area contributed by atoms with E-state index in [9.17, 15) is 14.4 Å². The van der Waals surface area contributed by atoms with Gasteiger partial charge in [-0.15, -0.1) is 0 Å². The number of carbonyl (C=O) groups is 2. The van der Waals surface area contributed by atoms with Gasteiger partial charge in [0.25, 0.3) is 5.56 Å². The zero-order valence-electron chi connectivity index (χ0n) is 11.6. The van der Waals surface area contributed by atoms with Crippen LogP contribution in [0.25, 0.3) is 0 Å². The highest BCUT2D eigenvalue weighted by molar-refractivity contribution is 5.90. The molecule has 110 valence electrons. The monoisotopic (exact) mass is 280 g/mol. The lowest BCUT2D eigenvalue weighted by molar-refractivity contribution is -0.137. The van der Waals surface area contributed by atoms with Crippen LogP contribution < -0.4 is 10.9 Å². The van der Waals surface area contributed by atoms with Gasteiger partial charge < -0.3 is 15.0 Å². The predicted octanol–water partition coefficient (Wildman–Crippen LogP) is 1.84. The molecule has 0 spiro atoms. The number of carboxylic acid groups (broad SMARTS) is 1. The van der Waals surface area contributed by atoms with Crippen LogP contribution in [0.2, 0.25) is 0 Å². The van der Waals surface area contributed by atoms with Gasteiger partial charge in [0, 0.05) is 31.6 Å². The first-order chi connectivity index (χ1) is 9.52. The minimum atomic E-state index is -0.850. The van der Waals surface area contributed by atoms with E-state index in [2.05, 4.69) is 5.32 Å². The normalized spacial score (nSPS) is 10.2. The molecule has 20 heavy (non-hydrogen) atoms. The van der Waals surface area contributed by atoms with E-state index in [0.29, 0.717) is 25.1 Å². The summed E-state index contributed by atoms with van der Waals surface area (Å²) in [7, 11) is 0. The third-order valence-electron chi connectivity index (χ3n) is 2.78. The minimum absolute atomic E-state index is 0.0780. The molecule has 0 atom stereocenters. The number of anilines is 1. The summed E-state index contributed by atoms with van der Waals surface area (Å²) in [6, 6.07) is 3.00. The maximum Gasteiger partial charge on any atom is 0.303 e. The van der Waals surface area contributed by atoms with Crippen LogP contribution in [0.4, 0.5) is 5.69 Å². The molecule has 0 bridgehead atoms. The summed E-state index contributed by atoms with van der Waals surface area (Å²) in [5.74, 6) is -1.02. The smallest absolute Gasteiger partial charge is 0.303 e. The molecule has 6 heteroatoms. The quantitative estimate of drug-likeness (QED) is 0.711. The summed E-state index contributed by atoms with van der Waals surface area (Å²) in [6.45, 7) is 2.58. The largest absolute Gasteiger partial charge is 0.481 e. The fraction of sp³-hybridized carbons (Fsp3) is 0.500. The highest BCUT2D eigenvalue weighted by Crippen LogP contribution is 2.07. The molecular formula is C14H20N2O4. The number of hydrogen-bond donors (Lipinski definition) is 2. The molecule has 0 aromatic carbocycles. The summed E-state index contributed by atoms with van der Waals surface area (Å²) >= 11 is 0. The van der Waals surface area contributed by atoms with Gasteiger partial charge in [-0.3, -0.25) is 14.4 Å². The predicted molar refractivity (Wildman–Crippen MR) is 75.7 cm³/mol. The van der Waals surface area contributed by atoms with Crippen LogP contribution in [0.15, 0.2) is 23.1 Å². The third kappa shape index (κ3) is 5.69. The van der Waals surface area contributed by atoms with Gasteiger partial charge >= 0.3 is 5.97 Å². The molecular weight excluding hydrogens is 260 g/mol. The van der Waals surface area contributed by atoms with Gasteiger partial charge in [0.05, 0.1) is 5.69 Å². The molecule has 0 fully saturated rings. The number of pyridine rings is 1. The van der Waals surface area contributed by atoms with Crippen molar-refractivity contribution in [3.8, 4) is 0 Å². The Balaban J connectivity index is 2.47. The Labute approximate surface area is 117 Å². The second kappa shape index (κ2) is 8.14. The summed E-state index contributed by atoms with van der Waals surface area (Å²) in [5, 5.41) is 11.2. The Morgan fingerprint density at radius 1 is 1.25 bits per heavy atom. The molecule has 1 aromatic rings. The topological polar surface area (TPSA) is 88.4 Å². The molecule has 0 aliphatic heterocycles. The number of aryl methyl sites for hydroxylation is 1. The molecule has 6 nitrogen and oxygen atoms in total. The molecule has 2 N–H and O–H groups in total. The van der Waals surface area contributed by atoms with Crippen LogP contribution in [0.1, 0.15) is 39.0 Å². The van der Waals surface area contributed by atoms with Crippen LogP contribution in [0, 0.1) is 0 Å². The molecule has 1 rings (SSSR count). The van der Waals surface area contributed by atoms with Gasteiger partial charge in [0.15, 0.2) is 0 Å². The van der Waals surface area contributed by atoms with Gasteiger partial charge in [0.2, 0.25) is 5.91 Å². The van der Waals surface area contributed by atoms with Crippen molar-refractivity contribution in [2.24, 2.45) is 0 Å². The van der Waals surface area contributed by atoms with Crippen LogP contribution >= 0.6 is 0 Å². The van der Waals surface area contributed by atoms with Crippen molar-refractivity contribution in [2.75, 3.05) is 5.32 Å². The molecule has 1 aromatic heterocycles. The Morgan fingerprint density at radius 2 is 1.95 bits per heavy atom. The first-order valence-corrected chi connectivity index (χ1v) is 6.75. The number of nitrogens with zero attached hydrogens (tertiary/aromatic N) is 1. The lowest BCUT2D eigenvalue weighted by atomic mass is 10.2. The van der Waals surface area contributed by atoms with Gasteiger partial charge in [-0.1, -0.05) is 6.92 Å². The number of carbonyl (C=O) groups excluding carboxylic acids is 1. The number of carboxylic acids is 1. The molecule has 1 amide bonds. The van der Waals surface area contributed by atoms with Crippen LogP contribution in [-0.4, -0.2) is 21.6 Å². The zero-order chi connectivity index (χ0) is 15.0. The van der Waals surface area contributed by atoms with Gasteiger partial charge in [0.1, 0.15) is 0 Å². The summed E-state index contributed by atoms with van der Waals surface area (Å²) in [4.78, 5) is 33.5. The van der Waals surface area contributed by atoms with Gasteiger partial charge in [-0.25, -0.2) is 0 Å². The highest BCUT2D eigenvalue weighted by atomic mass is 16.4. The van der Waals surface area contributed by atoms with Crippen molar-refractivity contribution in [1.29, 1.82) is 0 Å². The summed E-state index contributed by atoms with van der Waals surface area (Å²) in [5.41, 5.74) is 0.493.